The number of carbonyl (C=O) groups excluding carboxylic acids is 1. The molecule has 0 aromatic heterocycles. The lowest BCUT2D eigenvalue weighted by Crippen LogP contribution is -2.32. The Kier molecular flexibility index (Phi) is 5.44. The van der Waals surface area contributed by atoms with Gasteiger partial charge in [-0.25, -0.2) is 0 Å². The van der Waals surface area contributed by atoms with Gasteiger partial charge in [-0.05, 0) is 24.1 Å². The molecule has 2 N–H and O–H groups in total. The average molecular weight is 271 g/mol. The number of ether oxygens (including phenoxy) is 1. The number of rotatable bonds is 3. The maximum absolute atomic E-state index is 12.0. The molecule has 2 rings (SSSR count). The van der Waals surface area contributed by atoms with Crippen LogP contribution in [0.1, 0.15) is 12.0 Å². The summed E-state index contributed by atoms with van der Waals surface area (Å²) in [5.41, 5.74) is 6.79. The van der Waals surface area contributed by atoms with Gasteiger partial charge in [0.1, 0.15) is 5.75 Å². The molecule has 1 aliphatic rings. The van der Waals surface area contributed by atoms with Crippen LogP contribution in [0, 0.1) is 0 Å². The van der Waals surface area contributed by atoms with Gasteiger partial charge in [0.05, 0.1) is 13.5 Å². The first-order valence-corrected chi connectivity index (χ1v) is 5.85. The van der Waals surface area contributed by atoms with Crippen LogP contribution in [-0.2, 0) is 11.2 Å². The molecule has 0 spiro atoms. The van der Waals surface area contributed by atoms with Crippen LogP contribution in [0.5, 0.6) is 5.75 Å². The Bertz CT molecular complexity index is 394. The summed E-state index contributed by atoms with van der Waals surface area (Å²) in [7, 11) is 1.63. The molecule has 1 aromatic carbocycles. The molecule has 0 aliphatic carbocycles. The Morgan fingerprint density at radius 1 is 1.44 bits per heavy atom. The molecule has 1 heterocycles. The van der Waals surface area contributed by atoms with Crippen molar-refractivity contribution in [1.29, 1.82) is 0 Å². The summed E-state index contributed by atoms with van der Waals surface area (Å²) in [6.45, 7) is 1.48. The highest BCUT2D eigenvalue weighted by molar-refractivity contribution is 5.85. The summed E-state index contributed by atoms with van der Waals surface area (Å²) >= 11 is 0. The van der Waals surface area contributed by atoms with Crippen LogP contribution in [0.4, 0.5) is 0 Å². The maximum Gasteiger partial charge on any atom is 0.227 e. The zero-order valence-electron chi connectivity index (χ0n) is 10.5. The largest absolute Gasteiger partial charge is 0.497 e. The smallest absolute Gasteiger partial charge is 0.227 e. The zero-order chi connectivity index (χ0) is 12.3. The Hall–Kier alpha value is -1.26. The summed E-state index contributed by atoms with van der Waals surface area (Å²) in [5.74, 6) is 0.965. The number of benzene rings is 1. The minimum atomic E-state index is 0. The molecular formula is C13H19ClN2O2. The van der Waals surface area contributed by atoms with Gasteiger partial charge < -0.3 is 15.4 Å². The fraction of sp³-hybridized carbons (Fsp3) is 0.462. The van der Waals surface area contributed by atoms with Crippen LogP contribution >= 0.6 is 12.4 Å². The second-order valence-electron chi connectivity index (χ2n) is 4.41. The standard InChI is InChI=1S/C13H18N2O2.ClH/c1-17-12-4-2-10(3-5-12)8-13(16)15-7-6-11(14)9-15;/h2-5,11H,6-9,14H2,1H3;1H. The van der Waals surface area contributed by atoms with Crippen LogP contribution in [0.3, 0.4) is 0 Å². The van der Waals surface area contributed by atoms with Crippen molar-refractivity contribution in [3.63, 3.8) is 0 Å². The third-order valence-electron chi connectivity index (χ3n) is 3.09. The molecule has 1 aliphatic heterocycles. The van der Waals surface area contributed by atoms with Crippen LogP contribution < -0.4 is 10.5 Å². The SMILES string of the molecule is COc1ccc(CC(=O)N2CCC(N)C2)cc1.Cl. The number of methoxy groups -OCH3 is 1. The Balaban J connectivity index is 0.00000162. The first-order chi connectivity index (χ1) is 8.19. The fourth-order valence-corrected chi connectivity index (χ4v) is 2.04. The van der Waals surface area contributed by atoms with Crippen molar-refractivity contribution >= 4 is 18.3 Å². The van der Waals surface area contributed by atoms with E-state index in [4.69, 9.17) is 10.5 Å². The molecule has 18 heavy (non-hydrogen) atoms. The minimum absolute atomic E-state index is 0. The Labute approximate surface area is 114 Å². The highest BCUT2D eigenvalue weighted by atomic mass is 35.5. The molecule has 1 fully saturated rings. The predicted molar refractivity (Wildman–Crippen MR) is 73.1 cm³/mol. The van der Waals surface area contributed by atoms with E-state index in [0.29, 0.717) is 13.0 Å². The Morgan fingerprint density at radius 2 is 2.11 bits per heavy atom. The van der Waals surface area contributed by atoms with Crippen molar-refractivity contribution in [3.05, 3.63) is 29.8 Å². The van der Waals surface area contributed by atoms with Gasteiger partial charge >= 0.3 is 0 Å². The lowest BCUT2D eigenvalue weighted by molar-refractivity contribution is -0.129. The first-order valence-electron chi connectivity index (χ1n) is 5.85. The maximum atomic E-state index is 12.0. The van der Waals surface area contributed by atoms with Crippen molar-refractivity contribution in [2.75, 3.05) is 20.2 Å². The Morgan fingerprint density at radius 3 is 2.61 bits per heavy atom. The first kappa shape index (κ1) is 14.8. The summed E-state index contributed by atoms with van der Waals surface area (Å²) < 4.78 is 5.08. The summed E-state index contributed by atoms with van der Waals surface area (Å²) in [5, 5.41) is 0. The van der Waals surface area contributed by atoms with Gasteiger partial charge in [-0.3, -0.25) is 4.79 Å². The molecule has 1 aromatic rings. The monoisotopic (exact) mass is 270 g/mol. The molecule has 1 saturated heterocycles. The highest BCUT2D eigenvalue weighted by Crippen LogP contribution is 2.14. The van der Waals surface area contributed by atoms with Gasteiger partial charge in [0.2, 0.25) is 5.91 Å². The molecule has 100 valence electrons. The number of amides is 1. The van der Waals surface area contributed by atoms with Gasteiger partial charge in [-0.2, -0.15) is 0 Å². The van der Waals surface area contributed by atoms with E-state index in [-0.39, 0.29) is 24.4 Å². The summed E-state index contributed by atoms with van der Waals surface area (Å²) in [6, 6.07) is 7.74. The van der Waals surface area contributed by atoms with Crippen molar-refractivity contribution in [3.8, 4) is 5.75 Å². The number of halogens is 1. The number of nitrogens with two attached hydrogens (primary N) is 1. The fourth-order valence-electron chi connectivity index (χ4n) is 2.04. The molecule has 1 amide bonds. The second kappa shape index (κ2) is 6.61. The molecule has 0 radical (unpaired) electrons. The van der Waals surface area contributed by atoms with Crippen molar-refractivity contribution in [2.24, 2.45) is 5.73 Å². The highest BCUT2D eigenvalue weighted by Gasteiger charge is 2.23. The van der Waals surface area contributed by atoms with E-state index in [1.54, 1.807) is 7.11 Å². The molecule has 4 nitrogen and oxygen atoms in total. The molecule has 1 unspecified atom stereocenters. The van der Waals surface area contributed by atoms with Crippen molar-refractivity contribution in [2.45, 2.75) is 18.9 Å². The van der Waals surface area contributed by atoms with Crippen molar-refractivity contribution < 1.29 is 9.53 Å². The number of carbonyl (C=O) groups is 1. The normalized spacial score (nSPS) is 18.3. The van der Waals surface area contributed by atoms with E-state index in [1.807, 2.05) is 29.2 Å². The number of hydrogen-bond donors (Lipinski definition) is 1. The molecule has 1 atom stereocenters. The summed E-state index contributed by atoms with van der Waals surface area (Å²) in [4.78, 5) is 13.8. The summed E-state index contributed by atoms with van der Waals surface area (Å²) in [6.07, 6.45) is 1.35. The lowest BCUT2D eigenvalue weighted by atomic mass is 10.1. The van der Waals surface area contributed by atoms with E-state index < -0.39 is 0 Å². The van der Waals surface area contributed by atoms with Gasteiger partial charge in [0.15, 0.2) is 0 Å². The minimum Gasteiger partial charge on any atom is -0.497 e. The third kappa shape index (κ3) is 3.62. The second-order valence-corrected chi connectivity index (χ2v) is 4.41. The quantitative estimate of drug-likeness (QED) is 0.899. The van der Waals surface area contributed by atoms with Gasteiger partial charge in [0, 0.05) is 19.1 Å². The topological polar surface area (TPSA) is 55.6 Å². The van der Waals surface area contributed by atoms with Crippen LogP contribution in [0.2, 0.25) is 0 Å². The van der Waals surface area contributed by atoms with E-state index in [1.165, 1.54) is 0 Å². The molecule has 0 bridgehead atoms. The average Bonchev–Trinajstić information content (AvgIpc) is 2.77. The van der Waals surface area contributed by atoms with Gasteiger partial charge in [-0.15, -0.1) is 12.4 Å². The molecule has 5 heteroatoms. The van der Waals surface area contributed by atoms with E-state index in [9.17, 15) is 4.79 Å². The van der Waals surface area contributed by atoms with E-state index >= 15 is 0 Å². The molecule has 0 saturated carbocycles. The molecular weight excluding hydrogens is 252 g/mol. The van der Waals surface area contributed by atoms with Crippen LogP contribution in [0.15, 0.2) is 24.3 Å². The third-order valence-corrected chi connectivity index (χ3v) is 3.09. The van der Waals surface area contributed by atoms with Gasteiger partial charge in [-0.1, -0.05) is 12.1 Å². The van der Waals surface area contributed by atoms with Gasteiger partial charge in [0.25, 0.3) is 0 Å². The predicted octanol–water partition coefficient (Wildman–Crippen LogP) is 1.22. The number of hydrogen-bond acceptors (Lipinski definition) is 3. The van der Waals surface area contributed by atoms with Crippen LogP contribution in [-0.4, -0.2) is 37.0 Å². The lowest BCUT2D eigenvalue weighted by Gasteiger charge is -2.15. The number of likely N-dealkylation sites (tertiary alicyclic amines) is 1. The van der Waals surface area contributed by atoms with E-state index in [2.05, 4.69) is 0 Å². The zero-order valence-corrected chi connectivity index (χ0v) is 11.3. The van der Waals surface area contributed by atoms with Crippen molar-refractivity contribution in [1.82, 2.24) is 4.90 Å². The van der Waals surface area contributed by atoms with E-state index in [0.717, 1.165) is 24.3 Å². The van der Waals surface area contributed by atoms with Crippen LogP contribution in [0.25, 0.3) is 0 Å². The number of nitrogens with zero attached hydrogens (tertiary/aromatic N) is 1.